The molecule has 1 saturated heterocycles. The molecule has 0 aromatic heterocycles. The summed E-state index contributed by atoms with van der Waals surface area (Å²) in [5.41, 5.74) is 6.95. The number of carbonyl (C=O) groups is 1. The Morgan fingerprint density at radius 3 is 2.50 bits per heavy atom. The minimum absolute atomic E-state index is 0. The number of anilines is 1. The van der Waals surface area contributed by atoms with Crippen molar-refractivity contribution in [2.75, 3.05) is 18.8 Å². The Hall–Kier alpha value is -1.26. The third-order valence-electron chi connectivity index (χ3n) is 2.84. The molecule has 0 spiro atoms. The number of halogens is 1. The van der Waals surface area contributed by atoms with Crippen LogP contribution in [0.5, 0.6) is 0 Å². The molecular formula is C13H19ClN2O2. The summed E-state index contributed by atoms with van der Waals surface area (Å²) in [6.45, 7) is 5.24. The van der Waals surface area contributed by atoms with E-state index in [2.05, 4.69) is 0 Å². The summed E-state index contributed by atoms with van der Waals surface area (Å²) in [6.07, 6.45) is 0.174. The van der Waals surface area contributed by atoms with Crippen LogP contribution >= 0.6 is 12.4 Å². The Morgan fingerprint density at radius 1 is 1.33 bits per heavy atom. The summed E-state index contributed by atoms with van der Waals surface area (Å²) in [7, 11) is 0. The molecule has 0 saturated carbocycles. The first-order valence-electron chi connectivity index (χ1n) is 5.86. The summed E-state index contributed by atoms with van der Waals surface area (Å²) in [5, 5.41) is 0. The van der Waals surface area contributed by atoms with Crippen LogP contribution in [0, 0.1) is 0 Å². The predicted octanol–water partition coefficient (Wildman–Crippen LogP) is 1.94. The van der Waals surface area contributed by atoms with Crippen molar-refractivity contribution in [3.05, 3.63) is 29.8 Å². The van der Waals surface area contributed by atoms with Crippen LogP contribution in [-0.2, 0) is 4.74 Å². The van der Waals surface area contributed by atoms with Gasteiger partial charge in [0.2, 0.25) is 0 Å². The van der Waals surface area contributed by atoms with E-state index in [1.54, 1.807) is 24.3 Å². The molecule has 5 heteroatoms. The molecule has 1 heterocycles. The van der Waals surface area contributed by atoms with E-state index in [9.17, 15) is 4.79 Å². The fourth-order valence-corrected chi connectivity index (χ4v) is 2.20. The lowest BCUT2D eigenvalue weighted by atomic mass is 10.1. The molecule has 1 amide bonds. The molecule has 0 radical (unpaired) electrons. The molecule has 2 N–H and O–H groups in total. The lowest BCUT2D eigenvalue weighted by Gasteiger charge is -2.35. The Bertz CT molecular complexity index is 415. The van der Waals surface area contributed by atoms with E-state index in [1.165, 1.54) is 0 Å². The number of nitrogens with zero attached hydrogens (tertiary/aromatic N) is 1. The zero-order chi connectivity index (χ0) is 12.4. The monoisotopic (exact) mass is 270 g/mol. The van der Waals surface area contributed by atoms with Crippen LogP contribution in [0.25, 0.3) is 0 Å². The average molecular weight is 271 g/mol. The van der Waals surface area contributed by atoms with Crippen LogP contribution in [0.1, 0.15) is 24.2 Å². The number of amides is 1. The second kappa shape index (κ2) is 6.07. The largest absolute Gasteiger partial charge is 0.399 e. The van der Waals surface area contributed by atoms with Gasteiger partial charge in [0.15, 0.2) is 0 Å². The summed E-state index contributed by atoms with van der Waals surface area (Å²) >= 11 is 0. The van der Waals surface area contributed by atoms with Crippen LogP contribution < -0.4 is 5.73 Å². The van der Waals surface area contributed by atoms with Gasteiger partial charge in [0.1, 0.15) is 0 Å². The number of nitrogen functional groups attached to an aromatic ring is 1. The molecule has 1 aliphatic heterocycles. The van der Waals surface area contributed by atoms with Gasteiger partial charge in [0, 0.05) is 24.3 Å². The zero-order valence-corrected chi connectivity index (χ0v) is 11.4. The van der Waals surface area contributed by atoms with Crippen molar-refractivity contribution in [2.24, 2.45) is 0 Å². The number of rotatable bonds is 1. The predicted molar refractivity (Wildman–Crippen MR) is 74.0 cm³/mol. The normalized spacial score (nSPS) is 23.3. The topological polar surface area (TPSA) is 55.6 Å². The molecule has 1 aromatic rings. The molecule has 18 heavy (non-hydrogen) atoms. The molecule has 1 aliphatic rings. The highest BCUT2D eigenvalue weighted by Gasteiger charge is 2.26. The fourth-order valence-electron chi connectivity index (χ4n) is 2.20. The first-order chi connectivity index (χ1) is 8.06. The Balaban J connectivity index is 0.00000162. The highest BCUT2D eigenvalue weighted by Crippen LogP contribution is 2.15. The van der Waals surface area contributed by atoms with Crippen LogP contribution in [0.4, 0.5) is 5.69 Å². The molecule has 0 aliphatic carbocycles. The van der Waals surface area contributed by atoms with Gasteiger partial charge in [0.05, 0.1) is 12.2 Å². The van der Waals surface area contributed by atoms with Crippen molar-refractivity contribution in [1.82, 2.24) is 4.90 Å². The lowest BCUT2D eigenvalue weighted by Crippen LogP contribution is -2.48. The average Bonchev–Trinajstić information content (AvgIpc) is 2.26. The molecule has 0 unspecified atom stereocenters. The Kier molecular flexibility index (Phi) is 4.99. The molecule has 0 bridgehead atoms. The maximum absolute atomic E-state index is 12.3. The maximum Gasteiger partial charge on any atom is 0.254 e. The molecule has 2 atom stereocenters. The van der Waals surface area contributed by atoms with Crippen molar-refractivity contribution >= 4 is 24.0 Å². The van der Waals surface area contributed by atoms with Crippen LogP contribution in [0.15, 0.2) is 24.3 Å². The van der Waals surface area contributed by atoms with Gasteiger partial charge in [-0.2, -0.15) is 0 Å². The number of hydrogen-bond acceptors (Lipinski definition) is 3. The van der Waals surface area contributed by atoms with Crippen molar-refractivity contribution in [3.63, 3.8) is 0 Å². The number of morpholine rings is 1. The second-order valence-corrected chi connectivity index (χ2v) is 4.59. The highest BCUT2D eigenvalue weighted by atomic mass is 35.5. The summed E-state index contributed by atoms with van der Waals surface area (Å²) in [6, 6.07) is 7.09. The summed E-state index contributed by atoms with van der Waals surface area (Å²) in [5.74, 6) is 0.0271. The highest BCUT2D eigenvalue weighted by molar-refractivity contribution is 5.95. The number of nitrogens with two attached hydrogens (primary N) is 1. The quantitative estimate of drug-likeness (QED) is 0.794. The van der Waals surface area contributed by atoms with Crippen LogP contribution in [0.2, 0.25) is 0 Å². The minimum Gasteiger partial charge on any atom is -0.399 e. The lowest BCUT2D eigenvalue weighted by molar-refractivity contribution is -0.0586. The maximum atomic E-state index is 12.3. The SMILES string of the molecule is C[C@@H]1CN(C(=O)c2cccc(N)c2)C[C@H](C)O1.Cl. The van der Waals surface area contributed by atoms with Gasteiger partial charge in [-0.25, -0.2) is 0 Å². The van der Waals surface area contributed by atoms with Gasteiger partial charge in [-0.05, 0) is 32.0 Å². The first kappa shape index (κ1) is 14.8. The first-order valence-corrected chi connectivity index (χ1v) is 5.86. The van der Waals surface area contributed by atoms with E-state index in [4.69, 9.17) is 10.5 Å². The molecule has 1 fully saturated rings. The van der Waals surface area contributed by atoms with E-state index in [0.29, 0.717) is 24.3 Å². The van der Waals surface area contributed by atoms with E-state index in [0.717, 1.165) is 0 Å². The van der Waals surface area contributed by atoms with E-state index >= 15 is 0 Å². The number of hydrogen-bond donors (Lipinski definition) is 1. The third kappa shape index (κ3) is 3.37. The third-order valence-corrected chi connectivity index (χ3v) is 2.84. The van der Waals surface area contributed by atoms with E-state index in [1.807, 2.05) is 18.7 Å². The van der Waals surface area contributed by atoms with Crippen LogP contribution in [0.3, 0.4) is 0 Å². The van der Waals surface area contributed by atoms with Crippen molar-refractivity contribution in [3.8, 4) is 0 Å². The van der Waals surface area contributed by atoms with Gasteiger partial charge in [-0.1, -0.05) is 6.07 Å². The zero-order valence-electron chi connectivity index (χ0n) is 10.6. The van der Waals surface area contributed by atoms with Crippen molar-refractivity contribution < 1.29 is 9.53 Å². The summed E-state index contributed by atoms with van der Waals surface area (Å²) in [4.78, 5) is 14.1. The van der Waals surface area contributed by atoms with Gasteiger partial charge in [-0.3, -0.25) is 4.79 Å². The van der Waals surface area contributed by atoms with Crippen molar-refractivity contribution in [2.45, 2.75) is 26.1 Å². The molecule has 100 valence electrons. The van der Waals surface area contributed by atoms with Gasteiger partial charge in [-0.15, -0.1) is 12.4 Å². The fraction of sp³-hybridized carbons (Fsp3) is 0.462. The number of benzene rings is 1. The molecular weight excluding hydrogens is 252 g/mol. The number of carbonyl (C=O) groups excluding carboxylic acids is 1. The van der Waals surface area contributed by atoms with Crippen molar-refractivity contribution in [1.29, 1.82) is 0 Å². The molecule has 1 aromatic carbocycles. The van der Waals surface area contributed by atoms with Gasteiger partial charge >= 0.3 is 0 Å². The second-order valence-electron chi connectivity index (χ2n) is 4.59. The van der Waals surface area contributed by atoms with Gasteiger partial charge < -0.3 is 15.4 Å². The Labute approximate surface area is 114 Å². The minimum atomic E-state index is 0. The standard InChI is InChI=1S/C13H18N2O2.ClH/c1-9-7-15(8-10(2)17-9)13(16)11-4-3-5-12(14)6-11;/h3-6,9-10H,7-8,14H2,1-2H3;1H/t9-,10+;. The number of ether oxygens (including phenoxy) is 1. The smallest absolute Gasteiger partial charge is 0.254 e. The van der Waals surface area contributed by atoms with Gasteiger partial charge in [0.25, 0.3) is 5.91 Å². The van der Waals surface area contributed by atoms with E-state index in [-0.39, 0.29) is 30.5 Å². The van der Waals surface area contributed by atoms with E-state index < -0.39 is 0 Å². The molecule has 2 rings (SSSR count). The molecule has 4 nitrogen and oxygen atoms in total. The summed E-state index contributed by atoms with van der Waals surface area (Å²) < 4.78 is 5.61. The van der Waals surface area contributed by atoms with Crippen LogP contribution in [-0.4, -0.2) is 36.1 Å². The Morgan fingerprint density at radius 2 is 1.94 bits per heavy atom.